The van der Waals surface area contributed by atoms with E-state index in [4.69, 9.17) is 66.3 Å². The van der Waals surface area contributed by atoms with Gasteiger partial charge in [-0.2, -0.15) is 0 Å². The molecule has 7 aliphatic heterocycles. The molecule has 0 radical (unpaired) electrons. The van der Waals surface area contributed by atoms with E-state index in [2.05, 4.69) is 16.0 Å². The van der Waals surface area contributed by atoms with Gasteiger partial charge in [-0.25, -0.2) is 0 Å². The highest BCUT2D eigenvalue weighted by atomic mass is 16.8. The van der Waals surface area contributed by atoms with E-state index in [1.54, 1.807) is 0 Å². The zero-order valence-corrected chi connectivity index (χ0v) is 52.6. The minimum atomic E-state index is -2.63. The molecule has 3 amide bonds. The Morgan fingerprint density at radius 1 is 0.347 bits per heavy atom. The minimum Gasteiger partial charge on any atom is -0.394 e. The van der Waals surface area contributed by atoms with Gasteiger partial charge in [0.05, 0.1) is 65.5 Å². The summed E-state index contributed by atoms with van der Waals surface area (Å²) in [6.07, 6.45) is -77.1. The van der Waals surface area contributed by atoms with Gasteiger partial charge in [-0.3, -0.25) is 14.4 Å². The Morgan fingerprint density at radius 3 is 1.13 bits per heavy atom. The van der Waals surface area contributed by atoms with Gasteiger partial charge in [0.2, 0.25) is 17.7 Å². The third-order valence-electron chi connectivity index (χ3n) is 17.5. The van der Waals surface area contributed by atoms with Gasteiger partial charge in [-0.15, -0.1) is 0 Å². The molecule has 7 heterocycles. The number of ether oxygens (including phenoxy) is 14. The summed E-state index contributed by atoms with van der Waals surface area (Å²) in [7, 11) is 0. The minimum absolute atomic E-state index is 0.861. The van der Waals surface area contributed by atoms with Crippen molar-refractivity contribution in [3.63, 3.8) is 0 Å². The molecule has 0 aromatic heterocycles. The van der Waals surface area contributed by atoms with Crippen molar-refractivity contribution >= 4 is 17.7 Å². The van der Waals surface area contributed by atoms with Crippen molar-refractivity contribution in [1.82, 2.24) is 16.0 Å². The standard InChI is InChI=1S/C54H93N3O41/c1-13(65)55-16(4-58)27(69)43(17(68)5-59)94-54-42(84)47(98-53-41(83)45(32(74)22(10-64)91-53)96-49-26(57-15(3)67)35(77)29(71)19(7-61)88-49)44(95-48-25(56-14(2)66)34(76)28(70)18(6-60)87-48)24(93-54)12-86-51-40(82)46(97-52-39(81)37(79)31(73)21(9-63)90-52)33(75)23(92-51)11-85-50-38(80)36(78)30(72)20(8-62)89-50/h16-54,58-64,68-84H,4-12H2,1-3H3,(H,55,65)(H,56,66)(H,57,67)/t16-,17+,18+,19+,20+,21+,22+,23+,24+,25+,26+,27+,28+,29+,30+,31+,32+,33+,34+,35+,36-,37-,38-,39-,40-,41+,42-,43+,44+,45-,46-,47+,48-,49-,50-,51-,52+,53+,54-/m0/s1. The summed E-state index contributed by atoms with van der Waals surface area (Å²) in [5, 5.41) is 270. The van der Waals surface area contributed by atoms with E-state index >= 15 is 0 Å². The van der Waals surface area contributed by atoms with E-state index in [1.165, 1.54) is 0 Å². The first-order chi connectivity index (χ1) is 46.3. The first-order valence-electron chi connectivity index (χ1n) is 31.0. The van der Waals surface area contributed by atoms with Crippen LogP contribution in [0.15, 0.2) is 0 Å². The highest BCUT2D eigenvalue weighted by molar-refractivity contribution is 5.74. The summed E-state index contributed by atoms with van der Waals surface area (Å²) in [5.74, 6) is -2.69. The molecular weight excluding hydrogens is 1350 g/mol. The molecule has 98 heavy (non-hydrogen) atoms. The molecule has 0 saturated carbocycles. The Balaban J connectivity index is 1.35. The summed E-state index contributed by atoms with van der Waals surface area (Å²) < 4.78 is 82.7. The van der Waals surface area contributed by atoms with Crippen LogP contribution in [0.5, 0.6) is 0 Å². The van der Waals surface area contributed by atoms with Crippen LogP contribution < -0.4 is 16.0 Å². The summed E-state index contributed by atoms with van der Waals surface area (Å²) in [6, 6.07) is -5.46. The Bertz CT molecular complexity index is 2460. The molecule has 7 rings (SSSR count). The summed E-state index contributed by atoms with van der Waals surface area (Å²) in [5.41, 5.74) is 0. The Kier molecular flexibility index (Phi) is 30.6. The molecule has 27 N–H and O–H groups in total. The average Bonchev–Trinajstić information content (AvgIpc) is 0.754. The van der Waals surface area contributed by atoms with Crippen molar-refractivity contribution in [2.75, 3.05) is 59.5 Å². The lowest BCUT2D eigenvalue weighted by Crippen LogP contribution is -2.70. The van der Waals surface area contributed by atoms with Crippen molar-refractivity contribution in [2.45, 2.75) is 260 Å². The van der Waals surface area contributed by atoms with Crippen molar-refractivity contribution < 1.29 is 203 Å². The fourth-order valence-electron chi connectivity index (χ4n) is 12.1. The SMILES string of the molecule is CC(=O)N[C@H]1[C@H](O[C@@H]2[C@@H](O)[C@@H](O[C@@H]3[C@H](O)[C@H](O[C@@H]([C@H](O)[C@H](CO)NC(C)=O)[C@H](O)CO)O[C@H](CO[C@H]4O[C@H](CO[C@H]5O[C@H](CO)[C@@H](O)[C@H](O)[C@@H]5O)[C@@H](O)[C@H](O[C@H]5O[C@H](CO)[C@@H](O)[C@H](O)[C@@H]5O)[C@@H]4O)[C@H]3O[C@@H]3O[C@H](CO)[C@@H](O)[C@H](O)[C@H]3NC(C)=O)O[C@H](CO)[C@H]2O)O[C@H](CO)[C@@H](O)[C@@H]1O. The third kappa shape index (κ3) is 18.7. The first kappa shape index (κ1) is 82.2. The second-order valence-electron chi connectivity index (χ2n) is 24.4. The van der Waals surface area contributed by atoms with Gasteiger partial charge in [0.15, 0.2) is 44.0 Å². The van der Waals surface area contributed by atoms with Crippen molar-refractivity contribution in [2.24, 2.45) is 0 Å². The Morgan fingerprint density at radius 2 is 0.684 bits per heavy atom. The molecule has 0 bridgehead atoms. The fraction of sp³-hybridized carbons (Fsp3) is 0.944. The fourth-order valence-corrected chi connectivity index (χ4v) is 12.1. The van der Waals surface area contributed by atoms with Gasteiger partial charge in [0.1, 0.15) is 189 Å². The number of nitrogens with one attached hydrogen (secondary N) is 3. The number of aliphatic hydroxyl groups is 24. The summed E-state index contributed by atoms with van der Waals surface area (Å²) in [4.78, 5) is 37.5. The van der Waals surface area contributed by atoms with E-state index in [1.807, 2.05) is 0 Å². The van der Waals surface area contributed by atoms with E-state index in [-0.39, 0.29) is 0 Å². The molecule has 0 unspecified atom stereocenters. The van der Waals surface area contributed by atoms with Crippen LogP contribution in [-0.4, -0.2) is 439 Å². The van der Waals surface area contributed by atoms with E-state index in [0.29, 0.717) is 0 Å². The number of carbonyl (C=O) groups is 3. The van der Waals surface area contributed by atoms with Crippen LogP contribution in [0.3, 0.4) is 0 Å². The molecular formula is C54H93N3O41. The van der Waals surface area contributed by atoms with Gasteiger partial charge in [0, 0.05) is 20.8 Å². The largest absolute Gasteiger partial charge is 0.394 e. The van der Waals surface area contributed by atoms with Crippen LogP contribution in [0, 0.1) is 0 Å². The molecule has 7 fully saturated rings. The van der Waals surface area contributed by atoms with E-state index in [0.717, 1.165) is 20.8 Å². The second kappa shape index (κ2) is 36.5. The summed E-state index contributed by atoms with van der Waals surface area (Å²) in [6.45, 7) is -7.11. The maximum absolute atomic E-state index is 12.8. The maximum Gasteiger partial charge on any atom is 0.217 e. The highest BCUT2D eigenvalue weighted by Crippen LogP contribution is 2.39. The molecule has 0 aliphatic carbocycles. The zero-order valence-electron chi connectivity index (χ0n) is 52.6. The van der Waals surface area contributed by atoms with Crippen LogP contribution in [0.1, 0.15) is 20.8 Å². The van der Waals surface area contributed by atoms with Crippen LogP contribution in [-0.2, 0) is 80.7 Å². The van der Waals surface area contributed by atoms with Crippen LogP contribution in [0.25, 0.3) is 0 Å². The Labute approximate surface area is 555 Å². The van der Waals surface area contributed by atoms with Crippen molar-refractivity contribution in [3.8, 4) is 0 Å². The number of rotatable bonds is 29. The smallest absolute Gasteiger partial charge is 0.217 e. The van der Waals surface area contributed by atoms with Gasteiger partial charge in [-0.1, -0.05) is 0 Å². The average molecular weight is 1440 g/mol. The number of carbonyl (C=O) groups excluding carboxylic acids is 3. The van der Waals surface area contributed by atoms with Crippen LogP contribution in [0.2, 0.25) is 0 Å². The van der Waals surface area contributed by atoms with Gasteiger partial charge in [-0.05, 0) is 0 Å². The molecule has 0 spiro atoms. The number of hydrogen-bond acceptors (Lipinski definition) is 41. The summed E-state index contributed by atoms with van der Waals surface area (Å²) >= 11 is 0. The lowest BCUT2D eigenvalue weighted by Gasteiger charge is -2.51. The molecule has 0 aromatic carbocycles. The lowest BCUT2D eigenvalue weighted by atomic mass is 9.94. The zero-order chi connectivity index (χ0) is 72.6. The van der Waals surface area contributed by atoms with Crippen LogP contribution in [0.4, 0.5) is 0 Å². The maximum atomic E-state index is 12.8. The van der Waals surface area contributed by atoms with E-state index < -0.39 is 316 Å². The quantitative estimate of drug-likeness (QED) is 0.0331. The monoisotopic (exact) mass is 1440 g/mol. The van der Waals surface area contributed by atoms with Gasteiger partial charge in [0.25, 0.3) is 0 Å². The lowest BCUT2D eigenvalue weighted by molar-refractivity contribution is -0.399. The molecule has 44 nitrogen and oxygen atoms in total. The molecule has 7 saturated heterocycles. The normalized spacial score (nSPS) is 46.1. The number of amides is 3. The van der Waals surface area contributed by atoms with E-state index in [9.17, 15) is 137 Å². The molecule has 44 heteroatoms. The number of hydrogen-bond donors (Lipinski definition) is 27. The predicted molar refractivity (Wildman–Crippen MR) is 301 cm³/mol. The molecule has 0 aromatic rings. The predicted octanol–water partition coefficient (Wildman–Crippen LogP) is -18.4. The van der Waals surface area contributed by atoms with Crippen LogP contribution >= 0.6 is 0 Å². The first-order valence-corrected chi connectivity index (χ1v) is 31.0. The molecule has 570 valence electrons. The number of aliphatic hydroxyl groups excluding tert-OH is 24. The second-order valence-corrected chi connectivity index (χ2v) is 24.4. The molecule has 39 atom stereocenters. The van der Waals surface area contributed by atoms with Gasteiger partial charge < -0.3 is 205 Å². The third-order valence-corrected chi connectivity index (χ3v) is 17.5. The Hall–Kier alpha value is -3.11. The van der Waals surface area contributed by atoms with Gasteiger partial charge >= 0.3 is 0 Å². The highest BCUT2D eigenvalue weighted by Gasteiger charge is 2.59. The van der Waals surface area contributed by atoms with Crippen molar-refractivity contribution in [1.29, 1.82) is 0 Å². The topological polar surface area (TPSA) is 702 Å². The molecule has 7 aliphatic rings. The van der Waals surface area contributed by atoms with Crippen molar-refractivity contribution in [3.05, 3.63) is 0 Å².